The lowest BCUT2D eigenvalue weighted by Crippen LogP contribution is -2.18. The van der Waals surface area contributed by atoms with Gasteiger partial charge >= 0.3 is 0 Å². The third-order valence-corrected chi connectivity index (χ3v) is 3.93. The molecular formula is C12H12N2O3S2. The summed E-state index contributed by atoms with van der Waals surface area (Å²) in [5.41, 5.74) is 0.661. The van der Waals surface area contributed by atoms with Gasteiger partial charge in [-0.15, -0.1) is 0 Å². The Morgan fingerprint density at radius 2 is 1.79 bits per heavy atom. The highest BCUT2D eigenvalue weighted by molar-refractivity contribution is 7.91. The fourth-order valence-corrected chi connectivity index (χ4v) is 2.90. The Morgan fingerprint density at radius 3 is 2.47 bits per heavy atom. The standard InChI is InChI=1S/C12H12N2O3S2/c15-14-11(7-4-8-12(14)18)13-19(16,17)9-10-5-2-1-3-6-10/h1-8,13,15H,9H2. The first-order valence-corrected chi connectivity index (χ1v) is 7.50. The van der Waals surface area contributed by atoms with Crippen LogP contribution in [0.3, 0.4) is 0 Å². The van der Waals surface area contributed by atoms with E-state index in [2.05, 4.69) is 4.72 Å². The molecule has 0 amide bonds. The number of rotatable bonds is 4. The van der Waals surface area contributed by atoms with E-state index in [0.717, 1.165) is 0 Å². The zero-order valence-electron chi connectivity index (χ0n) is 9.85. The minimum Gasteiger partial charge on any atom is -0.426 e. The maximum atomic E-state index is 12.0. The second-order valence-electron chi connectivity index (χ2n) is 3.91. The molecule has 0 bridgehead atoms. The number of nitrogens with one attached hydrogen (secondary N) is 1. The van der Waals surface area contributed by atoms with Crippen LogP contribution in [0.15, 0.2) is 48.5 Å². The van der Waals surface area contributed by atoms with Gasteiger partial charge in [0.05, 0.1) is 5.75 Å². The summed E-state index contributed by atoms with van der Waals surface area (Å²) >= 11 is 4.84. The van der Waals surface area contributed by atoms with Crippen molar-refractivity contribution in [3.8, 4) is 0 Å². The summed E-state index contributed by atoms with van der Waals surface area (Å²) in [6.07, 6.45) is 0. The maximum Gasteiger partial charge on any atom is 0.238 e. The van der Waals surface area contributed by atoms with Crippen molar-refractivity contribution in [2.24, 2.45) is 0 Å². The van der Waals surface area contributed by atoms with Crippen molar-refractivity contribution < 1.29 is 13.6 Å². The van der Waals surface area contributed by atoms with E-state index in [1.54, 1.807) is 30.3 Å². The minimum atomic E-state index is -3.60. The molecule has 0 aliphatic rings. The minimum absolute atomic E-state index is 0.0171. The molecule has 1 aromatic carbocycles. The number of sulfonamides is 1. The molecule has 0 radical (unpaired) electrons. The number of nitrogens with zero attached hydrogens (tertiary/aromatic N) is 1. The van der Waals surface area contributed by atoms with Gasteiger partial charge in [0.25, 0.3) is 0 Å². The Morgan fingerprint density at radius 1 is 1.11 bits per heavy atom. The average Bonchev–Trinajstić information content (AvgIpc) is 2.35. The molecule has 2 N–H and O–H groups in total. The number of hydrogen-bond acceptors (Lipinski definition) is 4. The highest BCUT2D eigenvalue weighted by Gasteiger charge is 2.13. The largest absolute Gasteiger partial charge is 0.426 e. The SMILES string of the molecule is O=S(=O)(Cc1ccccc1)Nc1cccc(=S)n1O. The van der Waals surface area contributed by atoms with Crippen molar-refractivity contribution in [3.05, 3.63) is 58.7 Å². The van der Waals surface area contributed by atoms with Crippen molar-refractivity contribution in [1.29, 1.82) is 0 Å². The topological polar surface area (TPSA) is 71.3 Å². The molecule has 0 aliphatic heterocycles. The number of anilines is 1. The highest BCUT2D eigenvalue weighted by Crippen LogP contribution is 2.12. The van der Waals surface area contributed by atoms with Crippen molar-refractivity contribution >= 4 is 28.1 Å². The van der Waals surface area contributed by atoms with Crippen LogP contribution in [0.25, 0.3) is 0 Å². The van der Waals surface area contributed by atoms with E-state index in [1.807, 2.05) is 6.07 Å². The normalized spacial score (nSPS) is 11.2. The van der Waals surface area contributed by atoms with E-state index in [1.165, 1.54) is 12.1 Å². The van der Waals surface area contributed by atoms with Gasteiger partial charge in [-0.1, -0.05) is 48.6 Å². The molecule has 0 saturated carbocycles. The van der Waals surface area contributed by atoms with Gasteiger partial charge in [0.2, 0.25) is 10.0 Å². The Hall–Kier alpha value is -1.86. The molecule has 19 heavy (non-hydrogen) atoms. The van der Waals surface area contributed by atoms with Crippen molar-refractivity contribution in [1.82, 2.24) is 4.73 Å². The first kappa shape index (κ1) is 13.6. The molecule has 2 aromatic rings. The Kier molecular flexibility index (Phi) is 3.87. The van der Waals surface area contributed by atoms with Gasteiger partial charge in [-0.25, -0.2) is 8.42 Å². The van der Waals surface area contributed by atoms with Crippen LogP contribution in [0, 0.1) is 4.64 Å². The van der Waals surface area contributed by atoms with Crippen molar-refractivity contribution in [3.63, 3.8) is 0 Å². The van der Waals surface area contributed by atoms with Gasteiger partial charge in [-0.05, 0) is 17.7 Å². The summed E-state index contributed by atoms with van der Waals surface area (Å²) in [5, 5.41) is 9.61. The number of benzene rings is 1. The first-order valence-electron chi connectivity index (χ1n) is 5.44. The van der Waals surface area contributed by atoms with Crippen LogP contribution in [-0.4, -0.2) is 18.4 Å². The molecule has 100 valence electrons. The molecule has 0 fully saturated rings. The van der Waals surface area contributed by atoms with Gasteiger partial charge < -0.3 is 5.21 Å². The highest BCUT2D eigenvalue weighted by atomic mass is 32.2. The van der Waals surface area contributed by atoms with Crippen molar-refractivity contribution in [2.45, 2.75) is 5.75 Å². The smallest absolute Gasteiger partial charge is 0.238 e. The monoisotopic (exact) mass is 296 g/mol. The zero-order valence-corrected chi connectivity index (χ0v) is 11.5. The third-order valence-electron chi connectivity index (χ3n) is 2.39. The molecular weight excluding hydrogens is 284 g/mol. The van der Waals surface area contributed by atoms with E-state index in [4.69, 9.17) is 12.2 Å². The molecule has 0 atom stereocenters. The van der Waals surface area contributed by atoms with Gasteiger partial charge in [0.1, 0.15) is 4.64 Å². The quantitative estimate of drug-likeness (QED) is 0.671. The molecule has 0 unspecified atom stereocenters. The number of pyridine rings is 1. The second-order valence-corrected chi connectivity index (χ2v) is 6.05. The molecule has 7 heteroatoms. The average molecular weight is 296 g/mol. The van der Waals surface area contributed by atoms with E-state index >= 15 is 0 Å². The van der Waals surface area contributed by atoms with Gasteiger partial charge in [0.15, 0.2) is 5.82 Å². The van der Waals surface area contributed by atoms with Gasteiger partial charge in [-0.2, -0.15) is 4.73 Å². The first-order chi connectivity index (χ1) is 8.98. The second kappa shape index (κ2) is 5.41. The summed E-state index contributed by atoms with van der Waals surface area (Å²) in [7, 11) is -3.60. The fourth-order valence-electron chi connectivity index (χ4n) is 1.55. The lowest BCUT2D eigenvalue weighted by Gasteiger charge is -2.10. The summed E-state index contributed by atoms with van der Waals surface area (Å²) in [6, 6.07) is 13.3. The summed E-state index contributed by atoms with van der Waals surface area (Å²) < 4.78 is 27.0. The van der Waals surface area contributed by atoms with Crippen LogP contribution in [0.1, 0.15) is 5.56 Å². The van der Waals surface area contributed by atoms with Crippen LogP contribution >= 0.6 is 12.2 Å². The van der Waals surface area contributed by atoms with E-state index in [9.17, 15) is 13.6 Å². The summed E-state index contributed by atoms with van der Waals surface area (Å²) in [4.78, 5) is 0. The van der Waals surface area contributed by atoms with E-state index in [-0.39, 0.29) is 16.2 Å². The maximum absolute atomic E-state index is 12.0. The molecule has 1 aromatic heterocycles. The third kappa shape index (κ3) is 3.55. The van der Waals surface area contributed by atoms with Crippen molar-refractivity contribution in [2.75, 3.05) is 4.72 Å². The number of aromatic nitrogens is 1. The lowest BCUT2D eigenvalue weighted by molar-refractivity contribution is 0.187. The van der Waals surface area contributed by atoms with Gasteiger partial charge in [0, 0.05) is 0 Å². The van der Waals surface area contributed by atoms with Crippen LogP contribution < -0.4 is 4.72 Å². The molecule has 5 nitrogen and oxygen atoms in total. The van der Waals surface area contributed by atoms with E-state index < -0.39 is 10.0 Å². The Bertz CT molecular complexity index is 724. The Labute approximate surface area is 116 Å². The van der Waals surface area contributed by atoms with Crippen LogP contribution in [-0.2, 0) is 15.8 Å². The zero-order chi connectivity index (χ0) is 13.9. The predicted octanol–water partition coefficient (Wildman–Crippen LogP) is 2.40. The molecule has 0 aliphatic carbocycles. The number of hydrogen-bond donors (Lipinski definition) is 2. The summed E-state index contributed by atoms with van der Waals surface area (Å²) in [5.74, 6) is -0.154. The molecule has 0 spiro atoms. The van der Waals surface area contributed by atoms with Crippen LogP contribution in [0.4, 0.5) is 5.82 Å². The molecule has 0 saturated heterocycles. The Balaban J connectivity index is 2.23. The predicted molar refractivity (Wildman–Crippen MR) is 75.1 cm³/mol. The van der Waals surface area contributed by atoms with Crippen LogP contribution in [0.2, 0.25) is 0 Å². The lowest BCUT2D eigenvalue weighted by atomic mass is 10.2. The van der Waals surface area contributed by atoms with Gasteiger partial charge in [-0.3, -0.25) is 4.72 Å². The van der Waals surface area contributed by atoms with Crippen LogP contribution in [0.5, 0.6) is 0 Å². The molecule has 2 rings (SSSR count). The molecule has 1 heterocycles. The summed E-state index contributed by atoms with van der Waals surface area (Å²) in [6.45, 7) is 0. The van der Waals surface area contributed by atoms with E-state index in [0.29, 0.717) is 10.3 Å². The fraction of sp³-hybridized carbons (Fsp3) is 0.0833.